The monoisotopic (exact) mass is 257 g/mol. The van der Waals surface area contributed by atoms with Crippen LogP contribution in [0.1, 0.15) is 78.1 Å². The Hall–Kier alpha value is 0.390. The highest BCUT2D eigenvalue weighted by atomic mass is 31.2. The second kappa shape index (κ2) is 6.02. The highest BCUT2D eigenvalue weighted by molar-refractivity contribution is 7.72. The summed E-state index contributed by atoms with van der Waals surface area (Å²) >= 11 is 0. The van der Waals surface area contributed by atoms with E-state index in [0.29, 0.717) is 17.0 Å². The maximum absolute atomic E-state index is 11.4. The van der Waals surface area contributed by atoms with E-state index >= 15 is 0 Å². The quantitative estimate of drug-likeness (QED) is 0.706. The van der Waals surface area contributed by atoms with Gasteiger partial charge in [-0.05, 0) is 65.2 Å². The van der Waals surface area contributed by atoms with Crippen LogP contribution in [-0.4, -0.2) is 21.9 Å². The molecule has 17 heavy (non-hydrogen) atoms. The zero-order chi connectivity index (χ0) is 12.3. The molecule has 0 radical (unpaired) electrons. The molecule has 2 aliphatic carbocycles. The van der Waals surface area contributed by atoms with E-state index in [1.807, 2.05) is 0 Å². The molecule has 1 nitrogen and oxygen atoms in total. The van der Waals surface area contributed by atoms with Crippen LogP contribution in [0.4, 0.5) is 0 Å². The molecule has 2 aliphatic rings. The predicted molar refractivity (Wildman–Crippen MR) is 78.0 cm³/mol. The highest BCUT2D eigenvalue weighted by Crippen LogP contribution is 2.72. The third kappa shape index (κ3) is 2.87. The van der Waals surface area contributed by atoms with Crippen LogP contribution < -0.4 is 0 Å². The second-order valence-electron chi connectivity index (χ2n) is 6.47. The average molecular weight is 257 g/mol. The summed E-state index contributed by atoms with van der Waals surface area (Å²) in [6, 6.07) is 0. The fourth-order valence-electron chi connectivity index (χ4n) is 4.13. The van der Waals surface area contributed by atoms with Gasteiger partial charge in [-0.25, -0.2) is 0 Å². The first-order chi connectivity index (χ1) is 8.15. The van der Waals surface area contributed by atoms with E-state index in [0.717, 1.165) is 0 Å². The minimum atomic E-state index is -1.69. The van der Waals surface area contributed by atoms with Gasteiger partial charge in [0.2, 0.25) is 0 Å². The van der Waals surface area contributed by atoms with E-state index in [9.17, 15) is 4.89 Å². The van der Waals surface area contributed by atoms with Gasteiger partial charge in [-0.3, -0.25) is 4.89 Å². The molecular formula is C15H30OP+. The molecule has 100 valence electrons. The summed E-state index contributed by atoms with van der Waals surface area (Å²) in [5, 5.41) is 0. The van der Waals surface area contributed by atoms with Crippen molar-refractivity contribution >= 4 is 7.49 Å². The van der Waals surface area contributed by atoms with Gasteiger partial charge in [0.25, 0.3) is 0 Å². The molecule has 0 aromatic rings. The normalized spacial score (nSPS) is 25.4. The van der Waals surface area contributed by atoms with E-state index in [1.165, 1.54) is 64.2 Å². The lowest BCUT2D eigenvalue weighted by molar-refractivity contribution is 0.425. The lowest BCUT2D eigenvalue weighted by Crippen LogP contribution is -2.32. The average Bonchev–Trinajstić information content (AvgIpc) is 2.39. The molecule has 0 unspecified atom stereocenters. The van der Waals surface area contributed by atoms with Crippen LogP contribution in [0.3, 0.4) is 0 Å². The Morgan fingerprint density at radius 3 is 1.41 bits per heavy atom. The van der Waals surface area contributed by atoms with Gasteiger partial charge in [0.15, 0.2) is 0 Å². The molecule has 1 N–H and O–H groups in total. The smallest absolute Gasteiger partial charge is 0.150 e. The molecule has 2 rings (SSSR count). The summed E-state index contributed by atoms with van der Waals surface area (Å²) < 4.78 is 0. The summed E-state index contributed by atoms with van der Waals surface area (Å²) in [6.45, 7) is 4.58. The molecule has 0 spiro atoms. The minimum Gasteiger partial charge on any atom is -0.251 e. The van der Waals surface area contributed by atoms with Crippen molar-refractivity contribution in [3.63, 3.8) is 0 Å². The maximum atomic E-state index is 11.4. The van der Waals surface area contributed by atoms with E-state index in [-0.39, 0.29) is 0 Å². The number of rotatable bonds is 3. The summed E-state index contributed by atoms with van der Waals surface area (Å²) in [4.78, 5) is 11.4. The Labute approximate surface area is 108 Å². The number of hydrogen-bond donors (Lipinski definition) is 1. The lowest BCUT2D eigenvalue weighted by Gasteiger charge is -2.40. The zero-order valence-electron chi connectivity index (χ0n) is 11.7. The van der Waals surface area contributed by atoms with Crippen LogP contribution in [0.25, 0.3) is 0 Å². The van der Waals surface area contributed by atoms with E-state index in [1.54, 1.807) is 0 Å². The van der Waals surface area contributed by atoms with Crippen molar-refractivity contribution in [2.45, 2.75) is 95.0 Å². The Bertz CT molecular complexity index is 209. The molecule has 0 aromatic heterocycles. The standard InChI is InChI=1S/C15H30OP/c1-13(2)17(16,14-9-5-3-6-10-14)15-11-7-4-8-12-15/h13-16H,3-12H2,1-2H3/q+1. The Kier molecular flexibility index (Phi) is 4.89. The third-order valence-corrected chi connectivity index (χ3v) is 10.2. The molecular weight excluding hydrogens is 227 g/mol. The first-order valence-electron chi connectivity index (χ1n) is 7.76. The molecule has 0 bridgehead atoms. The summed E-state index contributed by atoms with van der Waals surface area (Å²) in [5.41, 5.74) is 1.92. The van der Waals surface area contributed by atoms with Gasteiger partial charge in [0, 0.05) is 0 Å². The minimum absolute atomic E-state index is 0.536. The van der Waals surface area contributed by atoms with Gasteiger partial charge < -0.3 is 0 Å². The largest absolute Gasteiger partial charge is 0.251 e. The fourth-order valence-corrected chi connectivity index (χ4v) is 8.80. The van der Waals surface area contributed by atoms with E-state index in [4.69, 9.17) is 0 Å². The van der Waals surface area contributed by atoms with Crippen molar-refractivity contribution in [1.29, 1.82) is 0 Å². The maximum Gasteiger partial charge on any atom is 0.150 e. The van der Waals surface area contributed by atoms with Crippen LogP contribution >= 0.6 is 7.49 Å². The molecule has 0 aromatic carbocycles. The van der Waals surface area contributed by atoms with Gasteiger partial charge in [-0.1, -0.05) is 12.8 Å². The molecule has 2 fully saturated rings. The summed E-state index contributed by atoms with van der Waals surface area (Å²) in [6.07, 6.45) is 13.5. The van der Waals surface area contributed by atoms with Crippen molar-refractivity contribution in [3.8, 4) is 0 Å². The number of hydrogen-bond acceptors (Lipinski definition) is 1. The van der Waals surface area contributed by atoms with Crippen LogP contribution in [-0.2, 0) is 0 Å². The zero-order valence-corrected chi connectivity index (χ0v) is 12.6. The van der Waals surface area contributed by atoms with Gasteiger partial charge in [-0.15, -0.1) is 0 Å². The van der Waals surface area contributed by atoms with Crippen molar-refractivity contribution in [3.05, 3.63) is 0 Å². The summed E-state index contributed by atoms with van der Waals surface area (Å²) in [7, 11) is -1.69. The van der Waals surface area contributed by atoms with Gasteiger partial charge in [0.1, 0.15) is 7.49 Å². The summed E-state index contributed by atoms with van der Waals surface area (Å²) in [5.74, 6) is 0. The van der Waals surface area contributed by atoms with E-state index < -0.39 is 7.49 Å². The highest BCUT2D eigenvalue weighted by Gasteiger charge is 2.53. The molecule has 0 saturated heterocycles. The van der Waals surface area contributed by atoms with Crippen LogP contribution in [0, 0.1) is 0 Å². The SMILES string of the molecule is CC(C)[P+](O)(C1CCCCC1)C1CCCCC1. The second-order valence-corrected chi connectivity index (χ2v) is 10.6. The third-order valence-electron chi connectivity index (χ3n) is 5.15. The molecule has 0 atom stereocenters. The molecule has 0 heterocycles. The van der Waals surface area contributed by atoms with Crippen molar-refractivity contribution < 1.29 is 4.89 Å². The van der Waals surface area contributed by atoms with Crippen LogP contribution in [0.2, 0.25) is 0 Å². The lowest BCUT2D eigenvalue weighted by atomic mass is 9.99. The van der Waals surface area contributed by atoms with Crippen molar-refractivity contribution in [2.75, 3.05) is 0 Å². The molecule has 2 heteroatoms. The first-order valence-corrected chi connectivity index (χ1v) is 9.71. The van der Waals surface area contributed by atoms with Gasteiger partial charge in [0.05, 0.1) is 17.0 Å². The first kappa shape index (κ1) is 13.8. The fraction of sp³-hybridized carbons (Fsp3) is 1.00. The van der Waals surface area contributed by atoms with E-state index in [2.05, 4.69) is 13.8 Å². The van der Waals surface area contributed by atoms with Gasteiger partial charge >= 0.3 is 0 Å². The van der Waals surface area contributed by atoms with Crippen molar-refractivity contribution in [1.82, 2.24) is 0 Å². The topological polar surface area (TPSA) is 20.2 Å². The Morgan fingerprint density at radius 2 is 1.12 bits per heavy atom. The van der Waals surface area contributed by atoms with Crippen LogP contribution in [0.5, 0.6) is 0 Å². The Morgan fingerprint density at radius 1 is 0.765 bits per heavy atom. The van der Waals surface area contributed by atoms with Crippen LogP contribution in [0.15, 0.2) is 0 Å². The molecule has 0 amide bonds. The van der Waals surface area contributed by atoms with Gasteiger partial charge in [-0.2, -0.15) is 0 Å². The van der Waals surface area contributed by atoms with Crippen molar-refractivity contribution in [2.24, 2.45) is 0 Å². The molecule has 2 saturated carbocycles. The molecule has 0 aliphatic heterocycles. The Balaban J connectivity index is 2.11. The predicted octanol–water partition coefficient (Wildman–Crippen LogP) is 4.99.